The first-order valence-corrected chi connectivity index (χ1v) is 28.8. The summed E-state index contributed by atoms with van der Waals surface area (Å²) in [5, 5.41) is 37.4. The third kappa shape index (κ3) is 14.2. The molecule has 4 N–H and O–H groups in total. The first-order valence-electron chi connectivity index (χ1n) is 27.9. The molecule has 442 valence electrons. The van der Waals surface area contributed by atoms with Crippen molar-refractivity contribution in [1.29, 1.82) is 0 Å². The molecule has 0 aromatic heterocycles. The van der Waals surface area contributed by atoms with E-state index in [0.717, 1.165) is 12.0 Å². The summed E-state index contributed by atoms with van der Waals surface area (Å²) >= 11 is 1.42. The maximum Gasteiger partial charge on any atom is 0.330 e. The molecule has 6 rings (SSSR count). The maximum absolute atomic E-state index is 14.9. The van der Waals surface area contributed by atoms with E-state index >= 15 is 0 Å². The molecular weight excluding hydrogens is 1030 g/mol. The molecule has 3 unspecified atom stereocenters. The molecule has 20 nitrogen and oxygen atoms in total. The summed E-state index contributed by atoms with van der Waals surface area (Å²) in [5.41, 5.74) is -3.97. The van der Waals surface area contributed by atoms with Crippen LogP contribution in [0.1, 0.15) is 127 Å². The third-order valence-corrected chi connectivity index (χ3v) is 18.6. The number of cyclic esters (lactones) is 1. The first kappa shape index (κ1) is 63.7. The molecule has 5 saturated heterocycles. The van der Waals surface area contributed by atoms with Gasteiger partial charge >= 0.3 is 17.9 Å². The summed E-state index contributed by atoms with van der Waals surface area (Å²) < 4.78 is 51.1. The molecule has 0 saturated carbocycles. The van der Waals surface area contributed by atoms with Crippen molar-refractivity contribution < 1.29 is 77.2 Å². The van der Waals surface area contributed by atoms with Crippen LogP contribution in [0, 0.1) is 17.8 Å². The number of rotatable bonds is 15. The second-order valence-electron chi connectivity index (χ2n) is 24.4. The van der Waals surface area contributed by atoms with E-state index in [2.05, 4.69) is 10.2 Å². The van der Waals surface area contributed by atoms with Crippen LogP contribution < -0.4 is 5.32 Å². The summed E-state index contributed by atoms with van der Waals surface area (Å²) in [6.45, 7) is 21.4. The van der Waals surface area contributed by atoms with E-state index in [0.29, 0.717) is 13.0 Å². The number of methoxy groups -OCH3 is 1. The third-order valence-electron chi connectivity index (χ3n) is 17.1. The number of hydrogen-bond acceptors (Lipinski definition) is 19. The number of amides is 2. The number of fused-ring (bicyclic) bond motifs is 1. The van der Waals surface area contributed by atoms with Crippen LogP contribution >= 0.6 is 11.8 Å². The van der Waals surface area contributed by atoms with Crippen LogP contribution in [-0.4, -0.2) is 208 Å². The molecule has 2 amide bonds. The van der Waals surface area contributed by atoms with E-state index in [1.807, 2.05) is 91.0 Å². The number of aliphatic hydroxyl groups is 3. The van der Waals surface area contributed by atoms with Gasteiger partial charge < -0.3 is 68.3 Å². The zero-order chi connectivity index (χ0) is 58.0. The van der Waals surface area contributed by atoms with Crippen molar-refractivity contribution in [2.45, 2.75) is 234 Å². The number of carbonyl (C=O) groups excluding carboxylic acids is 5. The summed E-state index contributed by atoms with van der Waals surface area (Å²) in [6, 6.07) is 6.91. The summed E-state index contributed by atoms with van der Waals surface area (Å²) in [7, 11) is 7.34. The van der Waals surface area contributed by atoms with E-state index in [4.69, 9.17) is 37.9 Å². The number of esters is 3. The predicted octanol–water partition coefficient (Wildman–Crippen LogP) is 4.20. The van der Waals surface area contributed by atoms with E-state index in [1.54, 1.807) is 41.5 Å². The smallest absolute Gasteiger partial charge is 0.330 e. The van der Waals surface area contributed by atoms with Crippen LogP contribution in [0.5, 0.6) is 0 Å². The second-order valence-corrected chi connectivity index (χ2v) is 26.1. The van der Waals surface area contributed by atoms with Crippen molar-refractivity contribution in [3.05, 3.63) is 35.9 Å². The molecule has 78 heavy (non-hydrogen) atoms. The monoisotopic (exact) mass is 1120 g/mol. The Labute approximate surface area is 466 Å². The first-order chi connectivity index (χ1) is 36.4. The number of thioether (sulfide) groups is 1. The highest BCUT2D eigenvalue weighted by Gasteiger charge is 2.65. The highest BCUT2D eigenvalue weighted by molar-refractivity contribution is 8.01. The quantitative estimate of drug-likeness (QED) is 0.109. The molecule has 1 aromatic rings. The molecule has 0 bridgehead atoms. The van der Waals surface area contributed by atoms with Crippen LogP contribution in [0.25, 0.3) is 0 Å². The fraction of sp³-hybridized carbons (Fsp3) is 0.807. The minimum atomic E-state index is -1.94. The Kier molecular flexibility index (Phi) is 21.0. The number of ether oxygens (including phenoxy) is 8. The molecule has 5 aliphatic rings. The lowest BCUT2D eigenvalue weighted by atomic mass is 9.77. The van der Waals surface area contributed by atoms with Crippen molar-refractivity contribution in [2.75, 3.05) is 41.4 Å². The van der Waals surface area contributed by atoms with Gasteiger partial charge in [-0.15, -0.1) is 11.8 Å². The summed E-state index contributed by atoms with van der Waals surface area (Å²) in [6.07, 6.45) is -7.08. The van der Waals surface area contributed by atoms with Gasteiger partial charge in [0.25, 0.3) is 0 Å². The fourth-order valence-electron chi connectivity index (χ4n) is 12.7. The average molecular weight is 1120 g/mol. The number of nitrogens with zero attached hydrogens (tertiary/aromatic N) is 3. The Hall–Kier alpha value is -3.48. The van der Waals surface area contributed by atoms with Crippen molar-refractivity contribution in [3.63, 3.8) is 0 Å². The van der Waals surface area contributed by atoms with Crippen LogP contribution in [0.15, 0.2) is 30.3 Å². The number of aliphatic hydroxyl groups excluding tert-OH is 1. The number of β-lactam (4-membered cyclic amide) rings is 1. The molecule has 5 aliphatic heterocycles. The molecule has 0 aliphatic carbocycles. The Morgan fingerprint density at radius 3 is 2.17 bits per heavy atom. The zero-order valence-corrected chi connectivity index (χ0v) is 49.8. The molecule has 5 heterocycles. The molecule has 5 fully saturated rings. The summed E-state index contributed by atoms with van der Waals surface area (Å²) in [5.74, 6) is -4.96. The van der Waals surface area contributed by atoms with Gasteiger partial charge in [-0.25, -0.2) is 4.79 Å². The summed E-state index contributed by atoms with van der Waals surface area (Å²) in [4.78, 5) is 74.9. The Morgan fingerprint density at radius 1 is 0.885 bits per heavy atom. The second kappa shape index (κ2) is 25.8. The number of hydrogen-bond donors (Lipinski definition) is 4. The predicted molar refractivity (Wildman–Crippen MR) is 290 cm³/mol. The van der Waals surface area contributed by atoms with Gasteiger partial charge in [-0.05, 0) is 114 Å². The van der Waals surface area contributed by atoms with Gasteiger partial charge in [-0.3, -0.25) is 24.1 Å². The normalized spacial score (nSPS) is 40.9. The van der Waals surface area contributed by atoms with E-state index < -0.39 is 131 Å². The number of carbonyl (C=O) groups is 5. The fourth-order valence-corrected chi connectivity index (χ4v) is 14.3. The van der Waals surface area contributed by atoms with Gasteiger partial charge in [0.05, 0.1) is 55.4 Å². The van der Waals surface area contributed by atoms with Crippen molar-refractivity contribution in [2.24, 2.45) is 17.8 Å². The van der Waals surface area contributed by atoms with Gasteiger partial charge in [0.1, 0.15) is 40.9 Å². The number of likely N-dealkylation sites (N-methyl/N-ethyl adjacent to an activating group) is 1. The Balaban J connectivity index is 1.30. The highest BCUT2D eigenvalue weighted by Crippen LogP contribution is 2.52. The largest absolute Gasteiger partial charge is 0.459 e. The average Bonchev–Trinajstić information content (AvgIpc) is 3.68. The number of benzene rings is 1. The molecule has 0 spiro atoms. The minimum Gasteiger partial charge on any atom is -0.459 e. The minimum absolute atomic E-state index is 0.00943. The van der Waals surface area contributed by atoms with Gasteiger partial charge in [-0.1, -0.05) is 51.1 Å². The van der Waals surface area contributed by atoms with Gasteiger partial charge in [0.15, 0.2) is 18.7 Å². The van der Waals surface area contributed by atoms with Crippen LogP contribution in [0.3, 0.4) is 0 Å². The number of nitrogens with one attached hydrogen (secondary N) is 1. The highest BCUT2D eigenvalue weighted by atomic mass is 32.2. The molecular formula is C57H92N4O16S. The van der Waals surface area contributed by atoms with E-state index in [1.165, 1.54) is 30.7 Å². The lowest BCUT2D eigenvalue weighted by Crippen LogP contribution is -2.71. The van der Waals surface area contributed by atoms with Crippen molar-refractivity contribution in [3.8, 4) is 0 Å². The van der Waals surface area contributed by atoms with Gasteiger partial charge in [0.2, 0.25) is 11.8 Å². The van der Waals surface area contributed by atoms with Crippen molar-refractivity contribution in [1.82, 2.24) is 20.0 Å². The van der Waals surface area contributed by atoms with E-state index in [9.17, 15) is 39.3 Å². The zero-order valence-electron chi connectivity index (χ0n) is 49.0. The van der Waals surface area contributed by atoms with Crippen LogP contribution in [0.4, 0.5) is 0 Å². The Morgan fingerprint density at radius 2 is 1.55 bits per heavy atom. The maximum atomic E-state index is 14.9. The lowest BCUT2D eigenvalue weighted by Gasteiger charge is -2.49. The molecule has 0 radical (unpaired) electrons. The lowest BCUT2D eigenvalue weighted by molar-refractivity contribution is -0.310. The topological polar surface area (TPSA) is 242 Å². The van der Waals surface area contributed by atoms with Crippen LogP contribution in [-0.2, 0) is 68.3 Å². The molecule has 21 heteroatoms. The molecule has 20 atom stereocenters. The SMILES string of the molecule is CC[C@H]1OC(=O)[C@H](C)[C@@H](O[C@H]2C[C@@](C)(OC)[C@@H](OC(=O)C3N4C(=O)C(NC(=O)Cc5ccccc5)C4SC3(C)C)[C@H](C)O2)[C@H](C)[C@@H](O[C@H]2C[C@@H](N(C)C)C[C@@H](C)O2)[C@](C)(O)C[C@@H](C)CN(C)[C@H](C)[C@@H](OC(=O)CCO)[C@]1(C)O. The standard InChI is InChI=1S/C57H92N4O16S/c1-17-39-57(12,69)48(74-41(64)23-24-62)35(6)60(15)30-31(2)28-55(10,68)47(76-42-27-38(59(13)14)25-32(3)71-42)33(4)45(34(5)52(66)73-39)75-43-29-56(11,70-16)49(36(7)72-43)77-53(67)46-54(8,9)78-51-44(50(65)61(46)51)58-40(63)26-37-21-19-18-20-22-37/h18-22,31-36,38-39,42-49,51,62,68-69H,17,23-30H2,1-16H3,(H,58,63)/t31-,32-,33+,34-,35-,36+,38+,39-,42+,43+,44?,45+,46?,47-,48-,49+,51?,55-,56-,57-/m1/s1. The van der Waals surface area contributed by atoms with Crippen molar-refractivity contribution >= 4 is 41.5 Å². The van der Waals surface area contributed by atoms with Crippen LogP contribution in [0.2, 0.25) is 0 Å². The van der Waals surface area contributed by atoms with Gasteiger partial charge in [-0.2, -0.15) is 0 Å². The van der Waals surface area contributed by atoms with Gasteiger partial charge in [0, 0.05) is 49.2 Å². The Bertz CT molecular complexity index is 2220. The van der Waals surface area contributed by atoms with E-state index in [-0.39, 0.29) is 62.0 Å². The molecule has 1 aromatic carbocycles.